The summed E-state index contributed by atoms with van der Waals surface area (Å²) in [5, 5.41) is 0.798. The van der Waals surface area contributed by atoms with Crippen LogP contribution in [0.4, 0.5) is 0 Å². The zero-order valence-electron chi connectivity index (χ0n) is 19.1. The molecule has 0 saturated carbocycles. The minimum atomic E-state index is -0.458. The van der Waals surface area contributed by atoms with E-state index < -0.39 is 11.7 Å². The largest absolute Gasteiger partial charge is 0.491 e. The Morgan fingerprint density at radius 3 is 2.45 bits per heavy atom. The second-order valence-corrected chi connectivity index (χ2v) is 8.10. The fraction of sp³-hybridized carbons (Fsp3) is 0.385. The van der Waals surface area contributed by atoms with Crippen LogP contribution in [-0.2, 0) is 11.3 Å². The lowest BCUT2D eigenvalue weighted by Crippen LogP contribution is -2.36. The van der Waals surface area contributed by atoms with Gasteiger partial charge in [0.25, 0.3) is 11.7 Å². The van der Waals surface area contributed by atoms with Crippen LogP contribution in [0.15, 0.2) is 48.7 Å². The Labute approximate surface area is 184 Å². The number of aromatic nitrogens is 1. The first-order valence-electron chi connectivity index (χ1n) is 11.0. The van der Waals surface area contributed by atoms with Crippen LogP contribution < -0.4 is 4.74 Å². The van der Waals surface area contributed by atoms with Gasteiger partial charge < -0.3 is 14.2 Å². The average molecular weight is 421 g/mol. The third-order valence-corrected chi connectivity index (χ3v) is 5.66. The Kier molecular flexibility index (Phi) is 7.16. The summed E-state index contributed by atoms with van der Waals surface area (Å²) in [7, 11) is 0. The smallest absolute Gasteiger partial charge is 0.295 e. The molecule has 0 saturated heterocycles. The van der Waals surface area contributed by atoms with E-state index in [2.05, 4.69) is 39.0 Å². The molecule has 0 spiro atoms. The number of para-hydroxylation sites is 1. The number of hydrogen-bond acceptors (Lipinski definition) is 3. The van der Waals surface area contributed by atoms with E-state index in [4.69, 9.17) is 4.74 Å². The number of nitrogens with zero attached hydrogens (tertiary/aromatic N) is 2. The fourth-order valence-electron chi connectivity index (χ4n) is 3.88. The number of ketones is 1. The van der Waals surface area contributed by atoms with Crippen molar-refractivity contribution in [1.82, 2.24) is 9.47 Å². The lowest BCUT2D eigenvalue weighted by atomic mass is 10.0. The normalized spacial score (nSPS) is 11.2. The maximum Gasteiger partial charge on any atom is 0.295 e. The highest BCUT2D eigenvalue weighted by Crippen LogP contribution is 2.28. The van der Waals surface area contributed by atoms with Crippen LogP contribution in [0.3, 0.4) is 0 Å². The van der Waals surface area contributed by atoms with E-state index in [1.165, 1.54) is 5.56 Å². The summed E-state index contributed by atoms with van der Waals surface area (Å²) in [6.45, 7) is 12.2. The van der Waals surface area contributed by atoms with Crippen molar-refractivity contribution < 1.29 is 14.3 Å². The Morgan fingerprint density at radius 2 is 1.77 bits per heavy atom. The number of hydrogen-bond donors (Lipinski definition) is 0. The molecule has 1 aromatic heterocycles. The second-order valence-electron chi connectivity index (χ2n) is 8.10. The SMILES string of the molecule is CCN(CC)C(=O)C(=O)c1cn(CCOc2cc(C)ccc2C(C)C)c2ccccc12. The van der Waals surface area contributed by atoms with Crippen LogP contribution in [0.2, 0.25) is 0 Å². The van der Waals surface area contributed by atoms with Crippen molar-refractivity contribution in [3.05, 3.63) is 65.4 Å². The van der Waals surface area contributed by atoms with E-state index in [-0.39, 0.29) is 0 Å². The molecule has 0 unspecified atom stereocenters. The van der Waals surface area contributed by atoms with Gasteiger partial charge in [0.15, 0.2) is 0 Å². The standard InChI is InChI=1S/C26H32N2O3/c1-6-27(7-2)26(30)25(29)22-17-28(23-11-9-8-10-21(22)23)14-15-31-24-16-19(5)12-13-20(24)18(3)4/h8-13,16-18H,6-7,14-15H2,1-5H3. The number of ether oxygens (including phenoxy) is 1. The molecule has 5 heteroatoms. The van der Waals surface area contributed by atoms with Crippen LogP contribution >= 0.6 is 0 Å². The summed E-state index contributed by atoms with van der Waals surface area (Å²) in [4.78, 5) is 27.1. The molecule has 3 rings (SSSR count). The zero-order valence-corrected chi connectivity index (χ0v) is 19.1. The first-order chi connectivity index (χ1) is 14.9. The van der Waals surface area contributed by atoms with Crippen molar-refractivity contribution in [3.8, 4) is 5.75 Å². The lowest BCUT2D eigenvalue weighted by molar-refractivity contribution is -0.126. The minimum Gasteiger partial charge on any atom is -0.491 e. The maximum atomic E-state index is 12.9. The maximum absolute atomic E-state index is 12.9. The molecule has 1 amide bonds. The molecule has 0 atom stereocenters. The highest BCUT2D eigenvalue weighted by atomic mass is 16.5. The number of aryl methyl sites for hydroxylation is 1. The van der Waals surface area contributed by atoms with Gasteiger partial charge in [-0.15, -0.1) is 0 Å². The van der Waals surface area contributed by atoms with Crippen molar-refractivity contribution in [2.75, 3.05) is 19.7 Å². The molecule has 0 bridgehead atoms. The Morgan fingerprint density at radius 1 is 1.06 bits per heavy atom. The summed E-state index contributed by atoms with van der Waals surface area (Å²) in [5.74, 6) is 0.364. The van der Waals surface area contributed by atoms with Crippen LogP contribution in [0.25, 0.3) is 10.9 Å². The number of carbonyl (C=O) groups excluding carboxylic acids is 2. The van der Waals surface area contributed by atoms with Gasteiger partial charge in [-0.25, -0.2) is 0 Å². The third kappa shape index (κ3) is 4.82. The second kappa shape index (κ2) is 9.82. The van der Waals surface area contributed by atoms with Gasteiger partial charge in [-0.3, -0.25) is 9.59 Å². The van der Waals surface area contributed by atoms with E-state index >= 15 is 0 Å². The molecule has 0 aliphatic carbocycles. The molecule has 0 radical (unpaired) electrons. The first-order valence-corrected chi connectivity index (χ1v) is 11.0. The molecule has 5 nitrogen and oxygen atoms in total. The zero-order chi connectivity index (χ0) is 22.5. The van der Waals surface area contributed by atoms with E-state index in [9.17, 15) is 9.59 Å². The first kappa shape index (κ1) is 22.6. The quantitative estimate of drug-likeness (QED) is 0.353. The summed E-state index contributed by atoms with van der Waals surface area (Å²) in [5.41, 5.74) is 3.72. The van der Waals surface area contributed by atoms with Gasteiger partial charge in [0.2, 0.25) is 0 Å². The number of Topliss-reactive ketones (excluding diaryl/α,β-unsaturated/α-hetero) is 1. The van der Waals surface area contributed by atoms with Crippen LogP contribution in [0, 0.1) is 6.92 Å². The third-order valence-electron chi connectivity index (χ3n) is 5.66. The van der Waals surface area contributed by atoms with Crippen molar-refractivity contribution in [3.63, 3.8) is 0 Å². The van der Waals surface area contributed by atoms with Crippen LogP contribution in [0.1, 0.15) is 55.1 Å². The number of amides is 1. The number of likely N-dealkylation sites (N-methyl/N-ethyl adjacent to an activating group) is 1. The van der Waals surface area contributed by atoms with Gasteiger partial charge in [0.05, 0.1) is 12.1 Å². The molecule has 164 valence electrons. The number of fused-ring (bicyclic) bond motifs is 1. The van der Waals surface area contributed by atoms with Crippen LogP contribution in [0.5, 0.6) is 5.75 Å². The number of carbonyl (C=O) groups is 2. The Balaban J connectivity index is 1.84. The molecule has 3 aromatic rings. The van der Waals surface area contributed by atoms with E-state index in [0.717, 1.165) is 22.2 Å². The summed E-state index contributed by atoms with van der Waals surface area (Å²) >= 11 is 0. The topological polar surface area (TPSA) is 51.5 Å². The molecule has 0 aliphatic heterocycles. The molecule has 0 aliphatic rings. The number of benzene rings is 2. The monoisotopic (exact) mass is 420 g/mol. The average Bonchev–Trinajstić information content (AvgIpc) is 3.12. The fourth-order valence-corrected chi connectivity index (χ4v) is 3.88. The predicted molar refractivity (Wildman–Crippen MR) is 125 cm³/mol. The Hall–Kier alpha value is -3.08. The van der Waals surface area contributed by atoms with Gasteiger partial charge in [0.1, 0.15) is 12.4 Å². The van der Waals surface area contributed by atoms with E-state index in [1.807, 2.05) is 42.7 Å². The molecule has 0 fully saturated rings. The lowest BCUT2D eigenvalue weighted by Gasteiger charge is -2.17. The van der Waals surface area contributed by atoms with Gasteiger partial charge in [0, 0.05) is 30.2 Å². The highest BCUT2D eigenvalue weighted by Gasteiger charge is 2.24. The van der Waals surface area contributed by atoms with Gasteiger partial charge >= 0.3 is 0 Å². The van der Waals surface area contributed by atoms with Crippen LogP contribution in [-0.4, -0.2) is 40.9 Å². The molecule has 0 N–H and O–H groups in total. The van der Waals surface area contributed by atoms with Crippen molar-refractivity contribution in [2.45, 2.75) is 47.1 Å². The molecule has 1 heterocycles. The van der Waals surface area contributed by atoms with Crippen molar-refractivity contribution in [1.29, 1.82) is 0 Å². The molecule has 2 aromatic carbocycles. The van der Waals surface area contributed by atoms with E-state index in [0.29, 0.717) is 37.7 Å². The summed E-state index contributed by atoms with van der Waals surface area (Å²) in [6.07, 6.45) is 1.79. The van der Waals surface area contributed by atoms with Crippen molar-refractivity contribution >= 4 is 22.6 Å². The molecular weight excluding hydrogens is 388 g/mol. The summed E-state index contributed by atoms with van der Waals surface area (Å²) < 4.78 is 8.14. The van der Waals surface area contributed by atoms with Gasteiger partial charge in [-0.1, -0.05) is 44.2 Å². The van der Waals surface area contributed by atoms with Gasteiger partial charge in [-0.05, 0) is 49.9 Å². The van der Waals surface area contributed by atoms with Gasteiger partial charge in [-0.2, -0.15) is 0 Å². The van der Waals surface area contributed by atoms with Crippen molar-refractivity contribution in [2.24, 2.45) is 0 Å². The Bertz CT molecular complexity index is 1080. The minimum absolute atomic E-state index is 0.373. The summed E-state index contributed by atoms with van der Waals surface area (Å²) in [6, 6.07) is 14.0. The number of rotatable bonds is 9. The molecule has 31 heavy (non-hydrogen) atoms. The van der Waals surface area contributed by atoms with E-state index in [1.54, 1.807) is 11.1 Å². The molecular formula is C26H32N2O3. The highest BCUT2D eigenvalue weighted by molar-refractivity contribution is 6.44. The predicted octanol–water partition coefficient (Wildman–Crippen LogP) is 5.20.